The average Bonchev–Trinajstić information content (AvgIpc) is 3.59. The van der Waals surface area contributed by atoms with Crippen LogP contribution < -0.4 is 0 Å². The first-order chi connectivity index (χ1) is 31.8. The summed E-state index contributed by atoms with van der Waals surface area (Å²) >= 11 is 0. The smallest absolute Gasteiger partial charge is 0.187 e. The molecule has 3 unspecified atom stereocenters. The standard InChI is InChI=1S/C49H84O19/c1-9-49-17-16-23(22(2)10-14-32(46(5,6)62)67-44-41(38(59)35(56)28(21-52)65-44)68-43-40(61)37(58)34(55)27(20-51)64-43)47(49,7)18-30(53)48(8)25-12-15-31(45(3,4)24(25)11-13-29(48)49)66-42-39(60)36(57)33(54)26(19-50)63-42/h11,22-23,25-44,50-62H,9-10,12-21H2,1-8H3/t22-,23?,25?,26-,27-,28-,29?,30-,31+,32-,33-,34-,35-,36+,37+,38+,39-,40-,41-,42+,43+,44+,47-,48+,49+/m1/s1. The largest absolute Gasteiger partial charge is 0.394 e. The lowest BCUT2D eigenvalue weighted by atomic mass is 9.37. The fraction of sp³-hybridized carbons (Fsp3) is 0.959. The Morgan fingerprint density at radius 1 is 0.691 bits per heavy atom. The van der Waals surface area contributed by atoms with Gasteiger partial charge in [0.05, 0.1) is 43.7 Å². The molecule has 7 aliphatic rings. The molecule has 0 aromatic heterocycles. The molecule has 0 radical (unpaired) electrons. The predicted octanol–water partition coefficient (Wildman–Crippen LogP) is -0.666. The van der Waals surface area contributed by atoms with Gasteiger partial charge in [-0.2, -0.15) is 0 Å². The highest BCUT2D eigenvalue weighted by molar-refractivity contribution is 5.32. The predicted molar refractivity (Wildman–Crippen MR) is 240 cm³/mol. The fourth-order valence-corrected chi connectivity index (χ4v) is 14.8. The van der Waals surface area contributed by atoms with Crippen LogP contribution in [-0.4, -0.2) is 202 Å². The Morgan fingerprint density at radius 2 is 1.22 bits per heavy atom. The average molecular weight is 977 g/mol. The van der Waals surface area contributed by atoms with Crippen molar-refractivity contribution in [3.63, 3.8) is 0 Å². The molecule has 13 N–H and O–H groups in total. The maximum absolute atomic E-state index is 12.7. The first-order valence-corrected chi connectivity index (χ1v) is 25.1. The molecular weight excluding hydrogens is 893 g/mol. The molecule has 0 amide bonds. The van der Waals surface area contributed by atoms with Crippen LogP contribution in [0.25, 0.3) is 0 Å². The fourth-order valence-electron chi connectivity index (χ4n) is 14.8. The normalized spacial score (nSPS) is 50.4. The Bertz CT molecular complexity index is 1730. The van der Waals surface area contributed by atoms with Gasteiger partial charge < -0.3 is 94.8 Å². The molecule has 0 aromatic carbocycles. The second-order valence-electron chi connectivity index (χ2n) is 23.1. The van der Waals surface area contributed by atoms with Gasteiger partial charge in [0.1, 0.15) is 73.2 Å². The van der Waals surface area contributed by atoms with Gasteiger partial charge in [-0.05, 0) is 106 Å². The number of hydrogen-bond acceptors (Lipinski definition) is 19. The zero-order valence-electron chi connectivity index (χ0n) is 41.0. The molecule has 3 saturated carbocycles. The van der Waals surface area contributed by atoms with Crippen molar-refractivity contribution < 1.29 is 94.8 Å². The summed E-state index contributed by atoms with van der Waals surface area (Å²) in [5.74, 6) is 0.498. The summed E-state index contributed by atoms with van der Waals surface area (Å²) in [7, 11) is 0. The van der Waals surface area contributed by atoms with Gasteiger partial charge in [-0.15, -0.1) is 0 Å². The van der Waals surface area contributed by atoms with E-state index in [2.05, 4.69) is 47.6 Å². The van der Waals surface area contributed by atoms with Crippen molar-refractivity contribution in [1.29, 1.82) is 0 Å². The van der Waals surface area contributed by atoms with Gasteiger partial charge in [-0.3, -0.25) is 0 Å². The second-order valence-corrected chi connectivity index (χ2v) is 23.1. The summed E-state index contributed by atoms with van der Waals surface area (Å²) in [4.78, 5) is 0. The van der Waals surface area contributed by atoms with E-state index < -0.39 is 147 Å². The monoisotopic (exact) mass is 977 g/mol. The van der Waals surface area contributed by atoms with E-state index in [0.29, 0.717) is 25.7 Å². The third-order valence-electron chi connectivity index (χ3n) is 19.0. The van der Waals surface area contributed by atoms with Crippen molar-refractivity contribution in [2.45, 2.75) is 229 Å². The molecule has 0 aromatic rings. The molecule has 3 saturated heterocycles. The molecule has 19 nitrogen and oxygen atoms in total. The Kier molecular flexibility index (Phi) is 16.4. The number of hydrogen-bond donors (Lipinski definition) is 13. The maximum Gasteiger partial charge on any atom is 0.187 e. The number of aliphatic hydroxyl groups is 13. The Morgan fingerprint density at radius 3 is 1.75 bits per heavy atom. The van der Waals surface area contributed by atoms with Crippen LogP contribution in [0.4, 0.5) is 0 Å². The second kappa shape index (κ2) is 20.4. The van der Waals surface area contributed by atoms with Gasteiger partial charge >= 0.3 is 0 Å². The molecule has 4 aliphatic carbocycles. The number of ether oxygens (including phenoxy) is 6. The van der Waals surface area contributed by atoms with Crippen molar-refractivity contribution in [1.82, 2.24) is 0 Å². The SMILES string of the molecule is CC[C@@]12CCC([C@H](C)CC[C@@H](O[C@@H]3O[C@H](CO)[C@@H](O)[C@H](O)[C@H]3O[C@@H]3O[C@H](CO)[C@@H](O)[C@H](O)[C@H]3O)C(C)(C)O)[C@@]1(C)C[C@@H](O)[C@@]1(C)C3CC[C@H](O[C@@H]4O[C@H](CO)[C@@H](O)[C@H](O)[C@H]4O)C(C)(C)C3=CCC12. The van der Waals surface area contributed by atoms with E-state index in [1.807, 2.05) is 0 Å². The van der Waals surface area contributed by atoms with Gasteiger partial charge in [0.2, 0.25) is 0 Å². The van der Waals surface area contributed by atoms with E-state index in [1.165, 1.54) is 5.57 Å². The van der Waals surface area contributed by atoms with E-state index in [4.69, 9.17) is 28.4 Å². The Hall–Kier alpha value is -1.02. The first-order valence-electron chi connectivity index (χ1n) is 25.1. The van der Waals surface area contributed by atoms with E-state index in [1.54, 1.807) is 13.8 Å². The molecule has 3 aliphatic heterocycles. The molecular formula is C49H84O19. The van der Waals surface area contributed by atoms with Crippen molar-refractivity contribution >= 4 is 0 Å². The quantitative estimate of drug-likeness (QED) is 0.0906. The first kappa shape index (κ1) is 54.7. The number of aliphatic hydroxyl groups excluding tert-OH is 12. The minimum atomic E-state index is -1.83. The molecule has 394 valence electrons. The summed E-state index contributed by atoms with van der Waals surface area (Å²) in [6.45, 7) is 14.5. The number of rotatable bonds is 15. The van der Waals surface area contributed by atoms with Gasteiger partial charge in [-0.25, -0.2) is 0 Å². The van der Waals surface area contributed by atoms with Crippen LogP contribution in [0, 0.1) is 45.3 Å². The molecule has 7 rings (SSSR count). The van der Waals surface area contributed by atoms with Crippen LogP contribution in [0.15, 0.2) is 11.6 Å². The van der Waals surface area contributed by atoms with Crippen molar-refractivity contribution in [2.24, 2.45) is 45.3 Å². The third-order valence-corrected chi connectivity index (χ3v) is 19.0. The minimum Gasteiger partial charge on any atom is -0.394 e. The molecule has 0 bridgehead atoms. The molecule has 25 atom stereocenters. The maximum atomic E-state index is 12.7. The Labute approximate surface area is 400 Å². The van der Waals surface area contributed by atoms with Gasteiger partial charge in [0, 0.05) is 10.8 Å². The van der Waals surface area contributed by atoms with Crippen molar-refractivity contribution in [2.75, 3.05) is 19.8 Å². The third kappa shape index (κ3) is 9.10. The lowest BCUT2D eigenvalue weighted by Crippen LogP contribution is -2.65. The molecule has 0 spiro atoms. The summed E-state index contributed by atoms with van der Waals surface area (Å²) in [5, 5.41) is 139. The summed E-state index contributed by atoms with van der Waals surface area (Å²) in [5.41, 5.74) is -1.65. The van der Waals surface area contributed by atoms with Gasteiger partial charge in [0.15, 0.2) is 18.9 Å². The molecule has 19 heteroatoms. The van der Waals surface area contributed by atoms with Crippen molar-refractivity contribution in [3.05, 3.63) is 11.6 Å². The molecule has 3 heterocycles. The van der Waals surface area contributed by atoms with Crippen LogP contribution in [0.5, 0.6) is 0 Å². The van der Waals surface area contributed by atoms with Crippen LogP contribution in [-0.2, 0) is 28.4 Å². The van der Waals surface area contributed by atoms with E-state index in [0.717, 1.165) is 32.1 Å². The highest BCUT2D eigenvalue weighted by Gasteiger charge is 2.71. The van der Waals surface area contributed by atoms with Crippen LogP contribution in [0.3, 0.4) is 0 Å². The van der Waals surface area contributed by atoms with Crippen LogP contribution in [0.1, 0.15) is 113 Å². The van der Waals surface area contributed by atoms with Gasteiger partial charge in [-0.1, -0.05) is 53.2 Å². The highest BCUT2D eigenvalue weighted by atomic mass is 16.8. The summed E-state index contributed by atoms with van der Waals surface area (Å²) in [6, 6.07) is 0. The summed E-state index contributed by atoms with van der Waals surface area (Å²) < 4.78 is 36.0. The van der Waals surface area contributed by atoms with E-state index in [9.17, 15) is 66.4 Å². The molecule has 6 fully saturated rings. The van der Waals surface area contributed by atoms with E-state index >= 15 is 0 Å². The topological polar surface area (TPSA) is 318 Å². The highest BCUT2D eigenvalue weighted by Crippen LogP contribution is 2.76. The number of fused-ring (bicyclic) bond motifs is 5. The lowest BCUT2D eigenvalue weighted by Gasteiger charge is -2.68. The van der Waals surface area contributed by atoms with Gasteiger partial charge in [0.25, 0.3) is 0 Å². The van der Waals surface area contributed by atoms with Crippen LogP contribution >= 0.6 is 0 Å². The lowest BCUT2D eigenvalue weighted by molar-refractivity contribution is -0.375. The van der Waals surface area contributed by atoms with E-state index in [-0.39, 0.29) is 34.5 Å². The zero-order valence-corrected chi connectivity index (χ0v) is 41.0. The van der Waals surface area contributed by atoms with Crippen LogP contribution in [0.2, 0.25) is 0 Å². The Balaban J connectivity index is 1.08. The van der Waals surface area contributed by atoms with Crippen molar-refractivity contribution in [3.8, 4) is 0 Å². The minimum absolute atomic E-state index is 0.0515. The zero-order chi connectivity index (χ0) is 50.2. The summed E-state index contributed by atoms with van der Waals surface area (Å²) in [6.07, 6.45) is -16.3. The molecule has 68 heavy (non-hydrogen) atoms. The number of allylic oxidation sites excluding steroid dienone is 1.